The van der Waals surface area contributed by atoms with Gasteiger partial charge in [0.2, 0.25) is 0 Å². The summed E-state index contributed by atoms with van der Waals surface area (Å²) in [6.07, 6.45) is 38.9. The molecule has 2 unspecified atom stereocenters. The Hall–Kier alpha value is 0.150. The largest absolute Gasteiger partial charge is 0.379 e. The van der Waals surface area contributed by atoms with Gasteiger partial charge in [-0.25, -0.2) is 4.89 Å². The van der Waals surface area contributed by atoms with E-state index in [4.69, 9.17) is 28.1 Å². The van der Waals surface area contributed by atoms with Crippen LogP contribution in [0.1, 0.15) is 200 Å². The average Bonchev–Trinajstić information content (AvgIpc) is 3.09. The predicted molar refractivity (Wildman–Crippen MR) is 207 cm³/mol. The summed E-state index contributed by atoms with van der Waals surface area (Å²) in [5.41, 5.74) is 0. The number of hydrogen-bond donors (Lipinski definition) is 1. The molecule has 48 heavy (non-hydrogen) atoms. The first-order chi connectivity index (χ1) is 23.8. The highest BCUT2D eigenvalue weighted by Crippen LogP contribution is 2.40. The first kappa shape index (κ1) is 48.1. The smallest absolute Gasteiger partial charge is 0.362 e. The van der Waals surface area contributed by atoms with E-state index < -0.39 is 8.60 Å². The molecular weight excluding hydrogens is 621 g/mol. The second-order valence-corrected chi connectivity index (χ2v) is 14.9. The molecule has 0 saturated carbocycles. The summed E-state index contributed by atoms with van der Waals surface area (Å²) in [4.78, 5) is 4.87. The number of hydrogen-bond acceptors (Lipinski definition) is 7. The predicted octanol–water partition coefficient (Wildman–Crippen LogP) is 12.8. The summed E-state index contributed by atoms with van der Waals surface area (Å²) >= 11 is 0. The molecule has 8 heteroatoms. The standard InChI is InChI=1S/C40H84NO6P/c1-5-7-9-11-13-15-17-19-21-23-25-27-29-31-35-43-38-40(39-46-48(47-42-4)45-37-33-34-41-3)44-36-32-30-28-26-24-22-20-18-16-14-12-10-8-6-2/h40-41H,5-39H2,1-4H3. The Labute approximate surface area is 301 Å². The molecule has 0 aliphatic heterocycles. The summed E-state index contributed by atoms with van der Waals surface area (Å²) in [7, 11) is 1.85. The van der Waals surface area contributed by atoms with Crippen molar-refractivity contribution in [3.05, 3.63) is 0 Å². The van der Waals surface area contributed by atoms with Crippen LogP contribution in [0.2, 0.25) is 0 Å². The molecule has 0 rings (SSSR count). The van der Waals surface area contributed by atoms with E-state index in [9.17, 15) is 0 Å². The van der Waals surface area contributed by atoms with Crippen LogP contribution >= 0.6 is 8.60 Å². The molecular formula is C40H84NO6P. The molecule has 0 saturated heterocycles. The van der Waals surface area contributed by atoms with Crippen molar-refractivity contribution in [1.29, 1.82) is 0 Å². The zero-order chi connectivity index (χ0) is 34.9. The summed E-state index contributed by atoms with van der Waals surface area (Å²) in [5, 5.41) is 3.13. The van der Waals surface area contributed by atoms with Crippen LogP contribution in [0.3, 0.4) is 0 Å². The molecule has 0 radical (unpaired) electrons. The van der Waals surface area contributed by atoms with E-state index in [-0.39, 0.29) is 6.10 Å². The van der Waals surface area contributed by atoms with Crippen molar-refractivity contribution in [2.24, 2.45) is 0 Å². The van der Waals surface area contributed by atoms with Gasteiger partial charge in [-0.2, -0.15) is 4.67 Å². The molecule has 0 spiro atoms. The number of unbranched alkanes of at least 4 members (excludes halogenated alkanes) is 26. The molecule has 1 N–H and O–H groups in total. The Bertz CT molecular complexity index is 576. The molecule has 0 amide bonds. The Kier molecular flexibility index (Phi) is 43.4. The van der Waals surface area contributed by atoms with Crippen LogP contribution in [0.15, 0.2) is 0 Å². The van der Waals surface area contributed by atoms with Gasteiger partial charge in [0.05, 0.1) is 26.9 Å². The third kappa shape index (κ3) is 38.9. The maximum atomic E-state index is 6.24. The highest BCUT2D eigenvalue weighted by Gasteiger charge is 2.18. The van der Waals surface area contributed by atoms with Crippen molar-refractivity contribution in [2.45, 2.75) is 206 Å². The van der Waals surface area contributed by atoms with Gasteiger partial charge in [-0.15, -0.1) is 0 Å². The minimum Gasteiger partial charge on any atom is -0.379 e. The molecule has 0 aromatic carbocycles. The topological polar surface area (TPSA) is 67.4 Å². The van der Waals surface area contributed by atoms with Gasteiger partial charge in [-0.3, -0.25) is 0 Å². The summed E-state index contributed by atoms with van der Waals surface area (Å²) in [5.74, 6) is 0. The Morgan fingerprint density at radius 1 is 0.458 bits per heavy atom. The molecule has 0 aromatic rings. The highest BCUT2D eigenvalue weighted by atomic mass is 31.2. The SMILES string of the molecule is CCCCCCCCCCCCCCCCOCC(COP(OCCCNC)OOC)OCCCCCCCCCCCCCCCC. The lowest BCUT2D eigenvalue weighted by Crippen LogP contribution is -2.26. The minimum atomic E-state index is -1.57. The van der Waals surface area contributed by atoms with Crippen molar-refractivity contribution in [2.75, 3.05) is 53.7 Å². The quantitative estimate of drug-likeness (QED) is 0.0293. The van der Waals surface area contributed by atoms with Crippen LogP contribution in [0.5, 0.6) is 0 Å². The number of ether oxygens (including phenoxy) is 2. The number of nitrogens with one attached hydrogen (secondary N) is 1. The lowest BCUT2D eigenvalue weighted by Gasteiger charge is -2.21. The van der Waals surface area contributed by atoms with E-state index in [2.05, 4.69) is 19.2 Å². The van der Waals surface area contributed by atoms with Gasteiger partial charge in [0.15, 0.2) is 0 Å². The van der Waals surface area contributed by atoms with Gasteiger partial charge in [-0.1, -0.05) is 181 Å². The van der Waals surface area contributed by atoms with Crippen LogP contribution in [-0.4, -0.2) is 59.8 Å². The van der Waals surface area contributed by atoms with Crippen molar-refractivity contribution in [3.63, 3.8) is 0 Å². The van der Waals surface area contributed by atoms with E-state index in [1.165, 1.54) is 174 Å². The first-order valence-electron chi connectivity index (χ1n) is 20.9. The zero-order valence-corrected chi connectivity index (χ0v) is 33.6. The monoisotopic (exact) mass is 706 g/mol. The third-order valence-corrected chi connectivity index (χ3v) is 10.1. The van der Waals surface area contributed by atoms with Crippen LogP contribution < -0.4 is 5.32 Å². The molecule has 0 aliphatic carbocycles. The van der Waals surface area contributed by atoms with E-state index in [1.54, 1.807) is 0 Å². The summed E-state index contributed by atoms with van der Waals surface area (Å²) in [6, 6.07) is 0. The van der Waals surface area contributed by atoms with E-state index in [0.29, 0.717) is 19.8 Å². The maximum Gasteiger partial charge on any atom is 0.362 e. The van der Waals surface area contributed by atoms with Crippen molar-refractivity contribution < 1.29 is 28.1 Å². The maximum absolute atomic E-state index is 6.24. The van der Waals surface area contributed by atoms with Crippen LogP contribution in [0.25, 0.3) is 0 Å². The molecule has 2 atom stereocenters. The van der Waals surface area contributed by atoms with Gasteiger partial charge < -0.3 is 23.8 Å². The number of rotatable bonds is 43. The molecule has 0 heterocycles. The normalized spacial score (nSPS) is 13.0. The Morgan fingerprint density at radius 3 is 1.29 bits per heavy atom. The Balaban J connectivity index is 4.07. The van der Waals surface area contributed by atoms with Crippen molar-refractivity contribution in [1.82, 2.24) is 5.32 Å². The lowest BCUT2D eigenvalue weighted by atomic mass is 10.0. The minimum absolute atomic E-state index is 0.134. The van der Waals surface area contributed by atoms with Crippen LogP contribution in [0.4, 0.5) is 0 Å². The van der Waals surface area contributed by atoms with Gasteiger partial charge in [0, 0.05) is 13.2 Å². The van der Waals surface area contributed by atoms with Crippen molar-refractivity contribution in [3.8, 4) is 0 Å². The second-order valence-electron chi connectivity index (χ2n) is 13.8. The van der Waals surface area contributed by atoms with E-state index >= 15 is 0 Å². The third-order valence-electron chi connectivity index (χ3n) is 9.07. The molecule has 0 aliphatic rings. The summed E-state index contributed by atoms with van der Waals surface area (Å²) in [6.45, 7) is 8.44. The molecule has 0 bridgehead atoms. The fraction of sp³-hybridized carbons (Fsp3) is 1.00. The highest BCUT2D eigenvalue weighted by molar-refractivity contribution is 7.41. The average molecular weight is 706 g/mol. The second kappa shape index (κ2) is 43.3. The first-order valence-corrected chi connectivity index (χ1v) is 22.0. The molecule has 7 nitrogen and oxygen atoms in total. The fourth-order valence-corrected chi connectivity index (χ4v) is 6.83. The molecule has 0 fully saturated rings. The van der Waals surface area contributed by atoms with Gasteiger partial charge >= 0.3 is 8.60 Å². The van der Waals surface area contributed by atoms with E-state index in [0.717, 1.165) is 39.0 Å². The zero-order valence-electron chi connectivity index (χ0n) is 32.7. The van der Waals surface area contributed by atoms with Crippen LogP contribution in [-0.2, 0) is 28.1 Å². The van der Waals surface area contributed by atoms with E-state index in [1.807, 2.05) is 7.05 Å². The van der Waals surface area contributed by atoms with Gasteiger partial charge in [0.25, 0.3) is 0 Å². The molecule has 290 valence electrons. The van der Waals surface area contributed by atoms with Gasteiger partial charge in [0.1, 0.15) is 6.10 Å². The summed E-state index contributed by atoms with van der Waals surface area (Å²) < 4.78 is 29.3. The van der Waals surface area contributed by atoms with Crippen LogP contribution in [0, 0.1) is 0 Å². The lowest BCUT2D eigenvalue weighted by molar-refractivity contribution is -0.192. The Morgan fingerprint density at radius 2 is 0.875 bits per heavy atom. The molecule has 0 aromatic heterocycles. The van der Waals surface area contributed by atoms with Crippen molar-refractivity contribution >= 4 is 8.60 Å². The van der Waals surface area contributed by atoms with Gasteiger partial charge in [-0.05, 0) is 32.9 Å². The fourth-order valence-electron chi connectivity index (χ4n) is 5.98.